The molecule has 0 saturated carbocycles. The molecule has 29 heavy (non-hydrogen) atoms. The molecular formula is C23H19N5S. The molecule has 0 aliphatic carbocycles. The number of hydrogen-bond acceptors (Lipinski definition) is 5. The Balaban J connectivity index is 1.42. The number of pyridine rings is 1. The van der Waals surface area contributed by atoms with Crippen LogP contribution in [0.5, 0.6) is 0 Å². The zero-order chi connectivity index (χ0) is 19.8. The predicted octanol–water partition coefficient (Wildman–Crippen LogP) is 5.71. The minimum Gasteiger partial charge on any atom is -0.360 e. The number of aryl methyl sites for hydroxylation is 1. The van der Waals surface area contributed by atoms with Crippen LogP contribution in [0.1, 0.15) is 5.56 Å². The average Bonchev–Trinajstić information content (AvgIpc) is 3.19. The molecule has 0 bridgehead atoms. The first-order valence-electron chi connectivity index (χ1n) is 9.23. The molecule has 2 N–H and O–H groups in total. The van der Waals surface area contributed by atoms with E-state index in [1.807, 2.05) is 41.9 Å². The van der Waals surface area contributed by atoms with E-state index in [9.17, 15) is 0 Å². The van der Waals surface area contributed by atoms with Gasteiger partial charge in [0.05, 0.1) is 11.9 Å². The Morgan fingerprint density at radius 1 is 1.07 bits per heavy atom. The third kappa shape index (κ3) is 3.50. The number of rotatable bonds is 4. The van der Waals surface area contributed by atoms with Gasteiger partial charge in [0.15, 0.2) is 0 Å². The third-order valence-corrected chi connectivity index (χ3v) is 5.75. The molecule has 3 heterocycles. The van der Waals surface area contributed by atoms with Crippen LogP contribution < -0.4 is 10.6 Å². The molecule has 5 rings (SSSR count). The van der Waals surface area contributed by atoms with E-state index in [0.717, 1.165) is 44.7 Å². The Bertz CT molecular complexity index is 1270. The first kappa shape index (κ1) is 17.6. The molecule has 0 atom stereocenters. The summed E-state index contributed by atoms with van der Waals surface area (Å²) in [4.78, 5) is 5.75. The van der Waals surface area contributed by atoms with Crippen molar-refractivity contribution < 1.29 is 0 Å². The SMILES string of the molecule is C=C(Nc1cc2cc(-c3cnn(C)c3)ccc2cn1)c1ccc2c(c1)NC=CS2. The Morgan fingerprint density at radius 3 is 2.86 bits per heavy atom. The van der Waals surface area contributed by atoms with E-state index in [0.29, 0.717) is 0 Å². The van der Waals surface area contributed by atoms with Crippen molar-refractivity contribution in [1.82, 2.24) is 14.8 Å². The number of anilines is 2. The Hall–Kier alpha value is -3.51. The highest BCUT2D eigenvalue weighted by molar-refractivity contribution is 8.02. The number of aromatic nitrogens is 3. The summed E-state index contributed by atoms with van der Waals surface area (Å²) in [6, 6.07) is 14.7. The largest absolute Gasteiger partial charge is 0.360 e. The van der Waals surface area contributed by atoms with E-state index in [4.69, 9.17) is 0 Å². The quantitative estimate of drug-likeness (QED) is 0.462. The Labute approximate surface area is 173 Å². The maximum Gasteiger partial charge on any atom is 0.130 e. The van der Waals surface area contributed by atoms with E-state index in [1.165, 1.54) is 4.90 Å². The molecule has 0 saturated heterocycles. The van der Waals surface area contributed by atoms with Crippen LogP contribution in [0.4, 0.5) is 11.5 Å². The first-order valence-corrected chi connectivity index (χ1v) is 10.1. The van der Waals surface area contributed by atoms with Crippen molar-refractivity contribution in [2.45, 2.75) is 4.90 Å². The van der Waals surface area contributed by atoms with Gasteiger partial charge >= 0.3 is 0 Å². The van der Waals surface area contributed by atoms with Gasteiger partial charge in [-0.3, -0.25) is 4.68 Å². The third-order valence-electron chi connectivity index (χ3n) is 4.87. The van der Waals surface area contributed by atoms with Gasteiger partial charge in [0.25, 0.3) is 0 Å². The van der Waals surface area contributed by atoms with Gasteiger partial charge in [-0.15, -0.1) is 0 Å². The second-order valence-corrected chi connectivity index (χ2v) is 7.86. The highest BCUT2D eigenvalue weighted by Crippen LogP contribution is 2.34. The summed E-state index contributed by atoms with van der Waals surface area (Å²) in [5, 5.41) is 15.1. The summed E-state index contributed by atoms with van der Waals surface area (Å²) >= 11 is 1.70. The van der Waals surface area contributed by atoms with E-state index in [2.05, 4.69) is 69.8 Å². The number of fused-ring (bicyclic) bond motifs is 2. The topological polar surface area (TPSA) is 54.8 Å². The van der Waals surface area contributed by atoms with E-state index in [-0.39, 0.29) is 0 Å². The fraction of sp³-hybridized carbons (Fsp3) is 0.0435. The summed E-state index contributed by atoms with van der Waals surface area (Å²) in [6.07, 6.45) is 7.72. The lowest BCUT2D eigenvalue weighted by Gasteiger charge is -2.15. The first-order chi connectivity index (χ1) is 14.2. The van der Waals surface area contributed by atoms with Crippen LogP contribution in [0, 0.1) is 0 Å². The number of thioether (sulfide) groups is 1. The summed E-state index contributed by atoms with van der Waals surface area (Å²) in [6.45, 7) is 4.20. The van der Waals surface area contributed by atoms with Crippen LogP contribution in [0.25, 0.3) is 27.6 Å². The van der Waals surface area contributed by atoms with Crippen molar-refractivity contribution in [3.8, 4) is 11.1 Å². The Kier molecular flexibility index (Phi) is 4.33. The molecule has 1 aliphatic rings. The van der Waals surface area contributed by atoms with Crippen molar-refractivity contribution in [1.29, 1.82) is 0 Å². The number of benzene rings is 2. The van der Waals surface area contributed by atoms with E-state index in [1.54, 1.807) is 11.8 Å². The van der Waals surface area contributed by atoms with Crippen LogP contribution in [0.3, 0.4) is 0 Å². The maximum atomic E-state index is 4.55. The van der Waals surface area contributed by atoms with Gasteiger partial charge in [-0.25, -0.2) is 4.98 Å². The molecule has 6 heteroatoms. The van der Waals surface area contributed by atoms with Crippen LogP contribution >= 0.6 is 11.8 Å². The van der Waals surface area contributed by atoms with Crippen molar-refractivity contribution >= 4 is 39.7 Å². The number of nitrogens with one attached hydrogen (secondary N) is 2. The molecule has 4 aromatic rings. The van der Waals surface area contributed by atoms with Crippen LogP contribution in [0.15, 0.2) is 84.1 Å². The minimum absolute atomic E-state index is 0.769. The van der Waals surface area contributed by atoms with Crippen molar-refractivity contribution in [3.05, 3.63) is 84.8 Å². The monoisotopic (exact) mass is 397 g/mol. The van der Waals surface area contributed by atoms with E-state index < -0.39 is 0 Å². The van der Waals surface area contributed by atoms with Crippen molar-refractivity contribution in [2.75, 3.05) is 10.6 Å². The second-order valence-electron chi connectivity index (χ2n) is 6.91. The van der Waals surface area contributed by atoms with Crippen LogP contribution in [-0.2, 0) is 7.05 Å². The highest BCUT2D eigenvalue weighted by Gasteiger charge is 2.09. The number of nitrogens with zero attached hydrogens (tertiary/aromatic N) is 3. The van der Waals surface area contributed by atoms with Crippen molar-refractivity contribution in [2.24, 2.45) is 7.05 Å². The molecule has 2 aromatic carbocycles. The molecule has 1 aliphatic heterocycles. The standard InChI is InChI=1S/C23H19N5S/c1-15(16-5-6-22-21(10-16)24-7-8-29-22)27-23-11-19-9-17(3-4-18(19)12-25-23)20-13-26-28(2)14-20/h3-14,24H,1H2,2H3,(H,25,27). The van der Waals surface area contributed by atoms with Gasteiger partial charge in [-0.2, -0.15) is 5.10 Å². The molecule has 0 unspecified atom stereocenters. The molecule has 0 radical (unpaired) electrons. The molecule has 0 fully saturated rings. The normalized spacial score (nSPS) is 12.4. The summed E-state index contributed by atoms with van der Waals surface area (Å²) in [5.74, 6) is 0.769. The van der Waals surface area contributed by atoms with Gasteiger partial charge in [0.1, 0.15) is 5.82 Å². The fourth-order valence-electron chi connectivity index (χ4n) is 3.35. The lowest BCUT2D eigenvalue weighted by Crippen LogP contribution is -2.01. The second kappa shape index (κ2) is 7.14. The summed E-state index contributed by atoms with van der Waals surface area (Å²) in [7, 11) is 1.92. The van der Waals surface area contributed by atoms with Crippen LogP contribution in [0.2, 0.25) is 0 Å². The molecular weight excluding hydrogens is 378 g/mol. The summed E-state index contributed by atoms with van der Waals surface area (Å²) in [5.41, 5.74) is 5.15. The summed E-state index contributed by atoms with van der Waals surface area (Å²) < 4.78 is 1.81. The highest BCUT2D eigenvalue weighted by atomic mass is 32.2. The van der Waals surface area contributed by atoms with Crippen molar-refractivity contribution in [3.63, 3.8) is 0 Å². The zero-order valence-electron chi connectivity index (χ0n) is 15.9. The average molecular weight is 398 g/mol. The van der Waals surface area contributed by atoms with Gasteiger partial charge in [-0.1, -0.05) is 36.5 Å². The zero-order valence-corrected chi connectivity index (χ0v) is 16.7. The van der Waals surface area contributed by atoms with Gasteiger partial charge in [-0.05, 0) is 46.2 Å². The van der Waals surface area contributed by atoms with Crippen LogP contribution in [-0.4, -0.2) is 14.8 Å². The van der Waals surface area contributed by atoms with Gasteiger partial charge in [0, 0.05) is 47.2 Å². The molecule has 5 nitrogen and oxygen atoms in total. The van der Waals surface area contributed by atoms with E-state index >= 15 is 0 Å². The smallest absolute Gasteiger partial charge is 0.130 e. The molecule has 2 aromatic heterocycles. The molecule has 0 spiro atoms. The lowest BCUT2D eigenvalue weighted by molar-refractivity contribution is 0.768. The predicted molar refractivity (Wildman–Crippen MR) is 122 cm³/mol. The lowest BCUT2D eigenvalue weighted by atomic mass is 10.0. The van der Waals surface area contributed by atoms with Gasteiger partial charge < -0.3 is 10.6 Å². The molecule has 142 valence electrons. The molecule has 0 amide bonds. The minimum atomic E-state index is 0.769. The van der Waals surface area contributed by atoms with Gasteiger partial charge in [0.2, 0.25) is 0 Å². The number of hydrogen-bond donors (Lipinski definition) is 2. The maximum absolute atomic E-state index is 4.55. The Morgan fingerprint density at radius 2 is 2.00 bits per heavy atom. The fourth-order valence-corrected chi connectivity index (χ4v) is 4.02.